The minimum atomic E-state index is -0.601. The summed E-state index contributed by atoms with van der Waals surface area (Å²) in [6, 6.07) is 11.1. The van der Waals surface area contributed by atoms with Gasteiger partial charge >= 0.3 is 0 Å². The summed E-state index contributed by atoms with van der Waals surface area (Å²) in [7, 11) is 0. The average Bonchev–Trinajstić information content (AvgIpc) is 3.04. The minimum absolute atomic E-state index is 0. The van der Waals surface area contributed by atoms with Crippen LogP contribution in [0.3, 0.4) is 0 Å². The molecule has 3 rings (SSSR count). The molecule has 2 aromatic carbocycles. The number of nitrogens with one attached hydrogen (secondary N) is 1. The van der Waals surface area contributed by atoms with E-state index in [0.717, 1.165) is 12.0 Å². The summed E-state index contributed by atoms with van der Waals surface area (Å²) in [6.07, 6.45) is 0.866. The van der Waals surface area contributed by atoms with E-state index in [1.54, 1.807) is 23.1 Å². The molecular formula is C21H25ClFN3O2. The van der Waals surface area contributed by atoms with Crippen molar-refractivity contribution in [2.24, 2.45) is 11.7 Å². The second-order valence-corrected chi connectivity index (χ2v) is 7.08. The fourth-order valence-electron chi connectivity index (χ4n) is 3.59. The fraction of sp³-hybridized carbons (Fsp3) is 0.333. The van der Waals surface area contributed by atoms with Crippen molar-refractivity contribution in [3.8, 4) is 0 Å². The Morgan fingerprint density at radius 3 is 2.50 bits per heavy atom. The molecule has 0 radical (unpaired) electrons. The zero-order valence-corrected chi connectivity index (χ0v) is 16.8. The van der Waals surface area contributed by atoms with E-state index in [9.17, 15) is 14.0 Å². The predicted octanol–water partition coefficient (Wildman–Crippen LogP) is 3.62. The molecule has 1 fully saturated rings. The lowest BCUT2D eigenvalue weighted by atomic mass is 10.1. The van der Waals surface area contributed by atoms with E-state index in [1.165, 1.54) is 18.2 Å². The van der Waals surface area contributed by atoms with Crippen molar-refractivity contribution in [3.63, 3.8) is 0 Å². The quantitative estimate of drug-likeness (QED) is 0.815. The Morgan fingerprint density at radius 2 is 1.86 bits per heavy atom. The zero-order valence-electron chi connectivity index (χ0n) is 15.9. The highest BCUT2D eigenvalue weighted by Crippen LogP contribution is 2.28. The summed E-state index contributed by atoms with van der Waals surface area (Å²) in [5.41, 5.74) is 7.27. The number of aryl methyl sites for hydroxylation is 1. The van der Waals surface area contributed by atoms with Crippen LogP contribution in [0.4, 0.5) is 10.1 Å². The topological polar surface area (TPSA) is 75.4 Å². The van der Waals surface area contributed by atoms with Crippen LogP contribution in [-0.2, 0) is 0 Å². The van der Waals surface area contributed by atoms with Crippen molar-refractivity contribution in [2.45, 2.75) is 26.3 Å². The normalized spacial score (nSPS) is 18.5. The first-order valence-electron chi connectivity index (χ1n) is 9.09. The summed E-state index contributed by atoms with van der Waals surface area (Å²) >= 11 is 0. The molecule has 1 saturated heterocycles. The Morgan fingerprint density at radius 1 is 1.18 bits per heavy atom. The molecule has 28 heavy (non-hydrogen) atoms. The molecule has 0 aromatic heterocycles. The third-order valence-electron chi connectivity index (χ3n) is 5.12. The summed E-state index contributed by atoms with van der Waals surface area (Å²) in [6.45, 7) is 4.95. The molecule has 1 heterocycles. The smallest absolute Gasteiger partial charge is 0.258 e. The summed E-state index contributed by atoms with van der Waals surface area (Å²) in [5.74, 6) is -1.04. The number of rotatable bonds is 4. The van der Waals surface area contributed by atoms with Gasteiger partial charge in [0, 0.05) is 12.6 Å². The van der Waals surface area contributed by atoms with Crippen LogP contribution in [0.25, 0.3) is 0 Å². The van der Waals surface area contributed by atoms with Gasteiger partial charge < -0.3 is 16.0 Å². The number of nitrogens with zero attached hydrogens (tertiary/aromatic N) is 1. The van der Waals surface area contributed by atoms with Crippen molar-refractivity contribution in [1.29, 1.82) is 0 Å². The number of benzene rings is 2. The molecule has 0 saturated carbocycles. The molecule has 2 unspecified atom stereocenters. The number of amides is 2. The first-order valence-corrected chi connectivity index (χ1v) is 9.09. The van der Waals surface area contributed by atoms with Gasteiger partial charge in [-0.25, -0.2) is 4.39 Å². The van der Waals surface area contributed by atoms with E-state index in [2.05, 4.69) is 5.32 Å². The number of para-hydroxylation sites is 1. The molecule has 3 N–H and O–H groups in total. The van der Waals surface area contributed by atoms with E-state index < -0.39 is 11.7 Å². The molecule has 5 nitrogen and oxygen atoms in total. The van der Waals surface area contributed by atoms with E-state index in [1.807, 2.05) is 19.9 Å². The van der Waals surface area contributed by atoms with Crippen LogP contribution in [0.15, 0.2) is 42.5 Å². The first kappa shape index (κ1) is 21.9. The standard InChI is InChI=1S/C21H24FN3O2.ClH/c1-13-6-5-8-17(21(27)25-12-15(11-23)10-14(25)2)19(13)24-20(26)16-7-3-4-9-18(16)22;/h3-9,14-15H,10-12,23H2,1-2H3,(H,24,26);1H. The Bertz CT molecular complexity index is 874. The molecule has 2 atom stereocenters. The number of hydrogen-bond donors (Lipinski definition) is 2. The fourth-order valence-corrected chi connectivity index (χ4v) is 3.59. The van der Waals surface area contributed by atoms with Crippen molar-refractivity contribution < 1.29 is 14.0 Å². The van der Waals surface area contributed by atoms with Crippen LogP contribution >= 0.6 is 12.4 Å². The maximum atomic E-state index is 13.9. The van der Waals surface area contributed by atoms with Gasteiger partial charge in [0.25, 0.3) is 11.8 Å². The lowest BCUT2D eigenvalue weighted by Gasteiger charge is -2.24. The van der Waals surface area contributed by atoms with E-state index in [4.69, 9.17) is 5.73 Å². The zero-order chi connectivity index (χ0) is 19.6. The van der Waals surface area contributed by atoms with Gasteiger partial charge in [-0.3, -0.25) is 9.59 Å². The second-order valence-electron chi connectivity index (χ2n) is 7.08. The van der Waals surface area contributed by atoms with E-state index in [0.29, 0.717) is 24.3 Å². The van der Waals surface area contributed by atoms with Crippen LogP contribution < -0.4 is 11.1 Å². The van der Waals surface area contributed by atoms with Crippen molar-refractivity contribution >= 4 is 29.9 Å². The van der Waals surface area contributed by atoms with Crippen molar-refractivity contribution in [1.82, 2.24) is 4.90 Å². The van der Waals surface area contributed by atoms with Crippen LogP contribution in [0.5, 0.6) is 0 Å². The Labute approximate surface area is 170 Å². The largest absolute Gasteiger partial charge is 0.336 e. The minimum Gasteiger partial charge on any atom is -0.336 e. The van der Waals surface area contributed by atoms with Crippen LogP contribution in [-0.4, -0.2) is 35.8 Å². The number of carbonyl (C=O) groups excluding carboxylic acids is 2. The average molecular weight is 406 g/mol. The highest BCUT2D eigenvalue weighted by Gasteiger charge is 2.33. The number of likely N-dealkylation sites (tertiary alicyclic amines) is 1. The number of nitrogens with two attached hydrogens (primary N) is 1. The van der Waals surface area contributed by atoms with E-state index >= 15 is 0 Å². The lowest BCUT2D eigenvalue weighted by molar-refractivity contribution is 0.0744. The Kier molecular flexibility index (Phi) is 7.16. The molecule has 1 aliphatic rings. The van der Waals surface area contributed by atoms with Crippen molar-refractivity contribution in [2.75, 3.05) is 18.4 Å². The number of carbonyl (C=O) groups is 2. The van der Waals surface area contributed by atoms with Gasteiger partial charge in [0.2, 0.25) is 0 Å². The van der Waals surface area contributed by atoms with Gasteiger partial charge in [-0.05, 0) is 56.5 Å². The molecule has 0 aliphatic carbocycles. The van der Waals surface area contributed by atoms with E-state index in [-0.39, 0.29) is 35.8 Å². The van der Waals surface area contributed by atoms with Crippen LogP contribution in [0.1, 0.15) is 39.6 Å². The molecule has 150 valence electrons. The van der Waals surface area contributed by atoms with Gasteiger partial charge in [-0.2, -0.15) is 0 Å². The Hall–Kier alpha value is -2.44. The maximum Gasteiger partial charge on any atom is 0.258 e. The number of halogens is 2. The highest BCUT2D eigenvalue weighted by atomic mass is 35.5. The maximum absolute atomic E-state index is 13.9. The molecule has 2 amide bonds. The SMILES string of the molecule is Cc1cccc(C(=O)N2CC(CN)CC2C)c1NC(=O)c1ccccc1F.Cl. The summed E-state index contributed by atoms with van der Waals surface area (Å²) in [4.78, 5) is 27.5. The third kappa shape index (κ3) is 4.34. The highest BCUT2D eigenvalue weighted by molar-refractivity contribution is 6.09. The lowest BCUT2D eigenvalue weighted by Crippen LogP contribution is -2.35. The summed E-state index contributed by atoms with van der Waals surface area (Å²) in [5, 5.41) is 2.73. The number of anilines is 1. The van der Waals surface area contributed by atoms with Gasteiger partial charge in [-0.1, -0.05) is 24.3 Å². The van der Waals surface area contributed by atoms with Gasteiger partial charge in [0.05, 0.1) is 16.8 Å². The van der Waals surface area contributed by atoms with Crippen molar-refractivity contribution in [3.05, 3.63) is 65.0 Å². The second kappa shape index (κ2) is 9.17. The first-order chi connectivity index (χ1) is 12.9. The molecular weight excluding hydrogens is 381 g/mol. The Balaban J connectivity index is 0.00000280. The van der Waals surface area contributed by atoms with Gasteiger partial charge in [0.1, 0.15) is 5.82 Å². The molecule has 7 heteroatoms. The number of hydrogen-bond acceptors (Lipinski definition) is 3. The third-order valence-corrected chi connectivity index (χ3v) is 5.12. The van der Waals surface area contributed by atoms with Gasteiger partial charge in [0.15, 0.2) is 0 Å². The van der Waals surface area contributed by atoms with Gasteiger partial charge in [-0.15, -0.1) is 12.4 Å². The van der Waals surface area contributed by atoms with Crippen LogP contribution in [0.2, 0.25) is 0 Å². The predicted molar refractivity (Wildman–Crippen MR) is 110 cm³/mol. The van der Waals surface area contributed by atoms with Crippen LogP contribution in [0, 0.1) is 18.7 Å². The molecule has 0 spiro atoms. The summed E-state index contributed by atoms with van der Waals surface area (Å²) < 4.78 is 13.9. The molecule has 2 aromatic rings. The molecule has 0 bridgehead atoms. The molecule has 1 aliphatic heterocycles. The monoisotopic (exact) mass is 405 g/mol.